The van der Waals surface area contributed by atoms with E-state index in [0.717, 1.165) is 0 Å². The number of anilines is 2. The molecule has 1 aliphatic rings. The van der Waals surface area contributed by atoms with Gasteiger partial charge in [-0.05, 0) is 31.3 Å². The number of benzene rings is 1. The molecule has 2 heterocycles. The molecule has 0 radical (unpaired) electrons. The van der Waals surface area contributed by atoms with E-state index >= 15 is 0 Å². The lowest BCUT2D eigenvalue weighted by molar-refractivity contribution is 0.0963. The van der Waals surface area contributed by atoms with Gasteiger partial charge in [-0.15, -0.1) is 0 Å². The summed E-state index contributed by atoms with van der Waals surface area (Å²) < 4.78 is 37.6. The van der Waals surface area contributed by atoms with E-state index in [0.29, 0.717) is 35.8 Å². The van der Waals surface area contributed by atoms with E-state index in [4.69, 9.17) is 9.47 Å². The summed E-state index contributed by atoms with van der Waals surface area (Å²) in [6.45, 7) is 0.879. The van der Waals surface area contributed by atoms with Crippen molar-refractivity contribution in [3.8, 4) is 11.6 Å². The summed E-state index contributed by atoms with van der Waals surface area (Å²) in [5, 5.41) is 2.58. The van der Waals surface area contributed by atoms with Gasteiger partial charge < -0.3 is 19.7 Å². The first-order valence-electron chi connectivity index (χ1n) is 8.15. The van der Waals surface area contributed by atoms with Gasteiger partial charge in [-0.1, -0.05) is 0 Å². The highest BCUT2D eigenvalue weighted by atomic mass is 32.2. The molecule has 2 N–H and O–H groups in total. The SMILES string of the molecule is CNC(=O)c1ccc2c(c1)N(c1cnc(OC)c(S(=O)(=O)NC)c1)CCO2. The first kappa shape index (κ1) is 18.9. The van der Waals surface area contributed by atoms with Gasteiger partial charge in [0.05, 0.1) is 31.2 Å². The third-order valence-electron chi connectivity index (χ3n) is 4.18. The van der Waals surface area contributed by atoms with Crippen molar-refractivity contribution in [3.05, 3.63) is 36.0 Å². The lowest BCUT2D eigenvalue weighted by atomic mass is 10.1. The molecule has 1 aliphatic heterocycles. The maximum atomic E-state index is 12.3. The van der Waals surface area contributed by atoms with Crippen LogP contribution in [-0.2, 0) is 10.0 Å². The molecule has 0 atom stereocenters. The maximum Gasteiger partial charge on any atom is 0.251 e. The zero-order chi connectivity index (χ0) is 19.6. The predicted molar refractivity (Wildman–Crippen MR) is 99.4 cm³/mol. The molecule has 0 aliphatic carbocycles. The van der Waals surface area contributed by atoms with Gasteiger partial charge in [0.2, 0.25) is 15.9 Å². The number of methoxy groups -OCH3 is 1. The van der Waals surface area contributed by atoms with Crippen molar-refractivity contribution in [1.82, 2.24) is 15.0 Å². The lowest BCUT2D eigenvalue weighted by Gasteiger charge is -2.31. The molecule has 0 spiro atoms. The largest absolute Gasteiger partial charge is 0.490 e. The van der Waals surface area contributed by atoms with Crippen LogP contribution in [0.3, 0.4) is 0 Å². The molecular formula is C17H20N4O5S. The molecule has 1 aromatic heterocycles. The highest BCUT2D eigenvalue weighted by Crippen LogP contribution is 2.38. The highest BCUT2D eigenvalue weighted by molar-refractivity contribution is 7.89. The second-order valence-corrected chi connectivity index (χ2v) is 7.53. The van der Waals surface area contributed by atoms with Gasteiger partial charge in [0.1, 0.15) is 17.3 Å². The van der Waals surface area contributed by atoms with Gasteiger partial charge in [-0.25, -0.2) is 18.1 Å². The molecule has 3 rings (SSSR count). The van der Waals surface area contributed by atoms with Crippen molar-refractivity contribution in [2.24, 2.45) is 0 Å². The van der Waals surface area contributed by atoms with Crippen LogP contribution in [0.5, 0.6) is 11.6 Å². The molecule has 0 unspecified atom stereocenters. The summed E-state index contributed by atoms with van der Waals surface area (Å²) in [5.74, 6) is 0.373. The zero-order valence-electron chi connectivity index (χ0n) is 15.1. The Hall–Kier alpha value is -2.85. The fraction of sp³-hybridized carbons (Fsp3) is 0.294. The smallest absolute Gasteiger partial charge is 0.251 e. The molecule has 9 nitrogen and oxygen atoms in total. The Morgan fingerprint density at radius 1 is 1.30 bits per heavy atom. The van der Waals surface area contributed by atoms with Gasteiger partial charge in [-0.3, -0.25) is 4.79 Å². The van der Waals surface area contributed by atoms with Crippen LogP contribution in [0.2, 0.25) is 0 Å². The van der Waals surface area contributed by atoms with Crippen molar-refractivity contribution < 1.29 is 22.7 Å². The van der Waals surface area contributed by atoms with Crippen LogP contribution in [0.4, 0.5) is 11.4 Å². The number of nitrogens with one attached hydrogen (secondary N) is 2. The minimum atomic E-state index is -3.76. The molecule has 0 bridgehead atoms. The Bertz CT molecular complexity index is 977. The first-order chi connectivity index (χ1) is 12.9. The third-order valence-corrected chi connectivity index (χ3v) is 5.59. The summed E-state index contributed by atoms with van der Waals surface area (Å²) in [6, 6.07) is 6.57. The highest BCUT2D eigenvalue weighted by Gasteiger charge is 2.25. The molecule has 0 fully saturated rings. The maximum absolute atomic E-state index is 12.3. The van der Waals surface area contributed by atoms with Gasteiger partial charge in [0, 0.05) is 12.6 Å². The van der Waals surface area contributed by atoms with Crippen molar-refractivity contribution >= 4 is 27.3 Å². The molecule has 10 heteroatoms. The van der Waals surface area contributed by atoms with E-state index < -0.39 is 10.0 Å². The van der Waals surface area contributed by atoms with Crippen molar-refractivity contribution in [1.29, 1.82) is 0 Å². The fourth-order valence-corrected chi connectivity index (χ4v) is 3.66. The van der Waals surface area contributed by atoms with Crippen molar-refractivity contribution in [3.63, 3.8) is 0 Å². The number of sulfonamides is 1. The topological polar surface area (TPSA) is 110 Å². The number of hydrogen-bond donors (Lipinski definition) is 2. The number of nitrogens with zero attached hydrogens (tertiary/aromatic N) is 2. The molecular weight excluding hydrogens is 372 g/mol. The molecule has 0 saturated heterocycles. The average molecular weight is 392 g/mol. The Morgan fingerprint density at radius 3 is 2.74 bits per heavy atom. The third kappa shape index (κ3) is 3.53. The Morgan fingerprint density at radius 2 is 2.07 bits per heavy atom. The summed E-state index contributed by atoms with van der Waals surface area (Å²) in [4.78, 5) is 17.9. The molecule has 144 valence electrons. The summed E-state index contributed by atoms with van der Waals surface area (Å²) in [5.41, 5.74) is 1.67. The number of hydrogen-bond acceptors (Lipinski definition) is 7. The van der Waals surface area contributed by atoms with Gasteiger partial charge >= 0.3 is 0 Å². The molecule has 1 aromatic carbocycles. The number of fused-ring (bicyclic) bond motifs is 1. The standard InChI is InChI=1S/C17H20N4O5S/c1-18-16(22)11-4-5-14-13(8-11)21(6-7-26-14)12-9-15(27(23,24)19-2)17(25-3)20-10-12/h4-5,8-10,19H,6-7H2,1-3H3,(H,18,22). The van der Waals surface area contributed by atoms with Crippen LogP contribution in [0.1, 0.15) is 10.4 Å². The van der Waals surface area contributed by atoms with E-state index in [1.165, 1.54) is 26.4 Å². The quantitative estimate of drug-likeness (QED) is 0.777. The van der Waals surface area contributed by atoms with Gasteiger partial charge in [0.25, 0.3) is 5.91 Å². The second kappa shape index (κ2) is 7.41. The van der Waals surface area contributed by atoms with Crippen LogP contribution in [0.15, 0.2) is 35.4 Å². The molecule has 1 amide bonds. The van der Waals surface area contributed by atoms with Crippen LogP contribution in [0.25, 0.3) is 0 Å². The number of carbonyl (C=O) groups excluding carboxylic acids is 1. The van der Waals surface area contributed by atoms with E-state index in [1.54, 1.807) is 25.2 Å². The van der Waals surface area contributed by atoms with Crippen LogP contribution >= 0.6 is 0 Å². The number of carbonyl (C=O) groups is 1. The second-order valence-electron chi connectivity index (χ2n) is 5.67. The predicted octanol–water partition coefficient (Wildman–Crippen LogP) is 0.888. The number of aromatic nitrogens is 1. The number of rotatable bonds is 5. The lowest BCUT2D eigenvalue weighted by Crippen LogP contribution is -2.30. The summed E-state index contributed by atoms with van der Waals surface area (Å²) in [6.07, 6.45) is 1.52. The van der Waals surface area contributed by atoms with Crippen molar-refractivity contribution in [2.75, 3.05) is 39.3 Å². The summed E-state index contributed by atoms with van der Waals surface area (Å²) >= 11 is 0. The van der Waals surface area contributed by atoms with E-state index in [1.807, 2.05) is 4.90 Å². The summed E-state index contributed by atoms with van der Waals surface area (Å²) in [7, 11) is 0.467. The number of pyridine rings is 1. The zero-order valence-corrected chi connectivity index (χ0v) is 16.0. The minimum absolute atomic E-state index is 0.000643. The first-order valence-corrected chi connectivity index (χ1v) is 9.63. The van der Waals surface area contributed by atoms with Crippen molar-refractivity contribution in [2.45, 2.75) is 4.90 Å². The Balaban J connectivity index is 2.11. The van der Waals surface area contributed by atoms with Crippen LogP contribution in [0, 0.1) is 0 Å². The van der Waals surface area contributed by atoms with E-state index in [2.05, 4.69) is 15.0 Å². The molecule has 2 aromatic rings. The molecule has 27 heavy (non-hydrogen) atoms. The van der Waals surface area contributed by atoms with Crippen LogP contribution < -0.4 is 24.4 Å². The van der Waals surface area contributed by atoms with E-state index in [9.17, 15) is 13.2 Å². The molecule has 0 saturated carbocycles. The Kier molecular flexibility index (Phi) is 5.19. The Labute approximate surface area is 157 Å². The number of amides is 1. The van der Waals surface area contributed by atoms with E-state index in [-0.39, 0.29) is 16.7 Å². The average Bonchev–Trinajstić information content (AvgIpc) is 2.71. The fourth-order valence-electron chi connectivity index (χ4n) is 2.80. The number of ether oxygens (including phenoxy) is 2. The normalized spacial score (nSPS) is 13.5. The minimum Gasteiger partial charge on any atom is -0.490 e. The monoisotopic (exact) mass is 392 g/mol. The van der Waals surface area contributed by atoms with Gasteiger partial charge in [0.15, 0.2) is 0 Å². The van der Waals surface area contributed by atoms with Gasteiger partial charge in [-0.2, -0.15) is 0 Å². The van der Waals surface area contributed by atoms with Crippen LogP contribution in [-0.4, -0.2) is 53.7 Å².